The molecule has 128 valence electrons. The Morgan fingerprint density at radius 2 is 2.00 bits per heavy atom. The number of carbonyl (C=O) groups is 1. The maximum Gasteiger partial charge on any atom is 0.261 e. The van der Waals surface area contributed by atoms with Crippen LogP contribution >= 0.6 is 11.6 Å². The summed E-state index contributed by atoms with van der Waals surface area (Å²) in [7, 11) is 0. The summed E-state index contributed by atoms with van der Waals surface area (Å²) in [5, 5.41) is 10.9. The van der Waals surface area contributed by atoms with Crippen LogP contribution in [0.1, 0.15) is 12.5 Å². The van der Waals surface area contributed by atoms with E-state index < -0.39 is 6.10 Å². The lowest BCUT2D eigenvalue weighted by molar-refractivity contribution is -0.127. The SMILES string of the molecule is CC(Oc1ccc(-c2nnco2)cc1)C(=O)NCc1ccccc1Cl. The van der Waals surface area contributed by atoms with Gasteiger partial charge in [0, 0.05) is 17.1 Å². The molecule has 2 aromatic carbocycles. The van der Waals surface area contributed by atoms with E-state index in [4.69, 9.17) is 20.8 Å². The van der Waals surface area contributed by atoms with E-state index >= 15 is 0 Å². The minimum absolute atomic E-state index is 0.221. The second-order valence-electron chi connectivity index (χ2n) is 5.34. The first-order valence-corrected chi connectivity index (χ1v) is 8.05. The second-order valence-corrected chi connectivity index (χ2v) is 5.74. The summed E-state index contributed by atoms with van der Waals surface area (Å²) in [6.45, 7) is 2.04. The topological polar surface area (TPSA) is 77.2 Å². The Balaban J connectivity index is 1.55. The van der Waals surface area contributed by atoms with E-state index in [-0.39, 0.29) is 5.91 Å². The van der Waals surface area contributed by atoms with Crippen LogP contribution in [0.4, 0.5) is 0 Å². The number of nitrogens with one attached hydrogen (secondary N) is 1. The van der Waals surface area contributed by atoms with Gasteiger partial charge in [0.2, 0.25) is 12.3 Å². The molecule has 0 fully saturated rings. The molecule has 1 unspecified atom stereocenters. The zero-order chi connectivity index (χ0) is 17.6. The number of halogens is 1. The molecule has 7 heteroatoms. The lowest BCUT2D eigenvalue weighted by atomic mass is 10.2. The van der Waals surface area contributed by atoms with Gasteiger partial charge in [0.05, 0.1) is 0 Å². The highest BCUT2D eigenvalue weighted by atomic mass is 35.5. The quantitative estimate of drug-likeness (QED) is 0.730. The van der Waals surface area contributed by atoms with Crippen molar-refractivity contribution in [2.75, 3.05) is 0 Å². The molecule has 0 aliphatic rings. The number of nitrogens with zero attached hydrogens (tertiary/aromatic N) is 2. The van der Waals surface area contributed by atoms with Crippen molar-refractivity contribution >= 4 is 17.5 Å². The van der Waals surface area contributed by atoms with Crippen LogP contribution < -0.4 is 10.1 Å². The van der Waals surface area contributed by atoms with Gasteiger partial charge < -0.3 is 14.5 Å². The normalized spacial score (nSPS) is 11.8. The third-order valence-corrected chi connectivity index (χ3v) is 3.92. The van der Waals surface area contributed by atoms with Gasteiger partial charge in [0.25, 0.3) is 5.91 Å². The van der Waals surface area contributed by atoms with Gasteiger partial charge in [-0.15, -0.1) is 10.2 Å². The minimum atomic E-state index is -0.642. The molecule has 0 saturated heterocycles. The Morgan fingerprint density at radius 3 is 2.68 bits per heavy atom. The molecule has 1 N–H and O–H groups in total. The second kappa shape index (κ2) is 7.81. The molecule has 3 rings (SSSR count). The van der Waals surface area contributed by atoms with Crippen molar-refractivity contribution in [1.82, 2.24) is 15.5 Å². The standard InChI is InChI=1S/C18H16ClN3O3/c1-12(17(23)20-10-14-4-2-3-5-16(14)19)25-15-8-6-13(7-9-15)18-22-21-11-24-18/h2-9,11-12H,10H2,1H3,(H,20,23). The Kier molecular flexibility index (Phi) is 5.30. The summed E-state index contributed by atoms with van der Waals surface area (Å²) in [5.74, 6) is 0.779. The molecular formula is C18H16ClN3O3. The molecule has 3 aromatic rings. The van der Waals surface area contributed by atoms with Gasteiger partial charge in [-0.05, 0) is 42.8 Å². The molecule has 1 atom stereocenters. The van der Waals surface area contributed by atoms with E-state index in [0.29, 0.717) is 23.2 Å². The fourth-order valence-corrected chi connectivity index (χ4v) is 2.40. The van der Waals surface area contributed by atoms with Crippen LogP contribution in [0.5, 0.6) is 5.75 Å². The number of carbonyl (C=O) groups excluding carboxylic acids is 1. The summed E-state index contributed by atoms with van der Waals surface area (Å²) in [5.41, 5.74) is 1.63. The summed E-state index contributed by atoms with van der Waals surface area (Å²) >= 11 is 6.07. The maximum absolute atomic E-state index is 12.2. The molecule has 0 spiro atoms. The molecule has 1 amide bonds. The average molecular weight is 358 g/mol. The molecule has 0 aliphatic carbocycles. The van der Waals surface area contributed by atoms with E-state index in [1.807, 2.05) is 18.2 Å². The van der Waals surface area contributed by atoms with Crippen LogP contribution in [-0.2, 0) is 11.3 Å². The molecule has 25 heavy (non-hydrogen) atoms. The fraction of sp³-hybridized carbons (Fsp3) is 0.167. The zero-order valence-corrected chi connectivity index (χ0v) is 14.2. The zero-order valence-electron chi connectivity index (χ0n) is 13.5. The predicted octanol–water partition coefficient (Wildman–Crippen LogP) is 3.47. The monoisotopic (exact) mass is 357 g/mol. The molecule has 6 nitrogen and oxygen atoms in total. The van der Waals surface area contributed by atoms with Crippen LogP contribution in [0.3, 0.4) is 0 Å². The van der Waals surface area contributed by atoms with Crippen molar-refractivity contribution in [3.63, 3.8) is 0 Å². The van der Waals surface area contributed by atoms with Crippen molar-refractivity contribution in [3.05, 3.63) is 65.5 Å². The number of benzene rings is 2. The summed E-state index contributed by atoms with van der Waals surface area (Å²) < 4.78 is 10.8. The van der Waals surface area contributed by atoms with E-state index in [0.717, 1.165) is 11.1 Å². The first kappa shape index (κ1) is 17.0. The third kappa shape index (κ3) is 4.36. The third-order valence-electron chi connectivity index (χ3n) is 3.55. The summed E-state index contributed by atoms with van der Waals surface area (Å²) in [6.07, 6.45) is 0.627. The van der Waals surface area contributed by atoms with Crippen LogP contribution in [0.25, 0.3) is 11.5 Å². The first-order chi connectivity index (χ1) is 12.1. The summed E-state index contributed by atoms with van der Waals surface area (Å²) in [6, 6.07) is 14.4. The Morgan fingerprint density at radius 1 is 1.24 bits per heavy atom. The lowest BCUT2D eigenvalue weighted by Gasteiger charge is -2.15. The van der Waals surface area contributed by atoms with Crippen molar-refractivity contribution in [1.29, 1.82) is 0 Å². The number of ether oxygens (including phenoxy) is 1. The van der Waals surface area contributed by atoms with E-state index in [1.165, 1.54) is 6.39 Å². The van der Waals surface area contributed by atoms with Crippen molar-refractivity contribution in [3.8, 4) is 17.2 Å². The van der Waals surface area contributed by atoms with Crippen LogP contribution in [0, 0.1) is 0 Å². The smallest absolute Gasteiger partial charge is 0.261 e. The molecule has 0 bridgehead atoms. The highest BCUT2D eigenvalue weighted by Gasteiger charge is 2.15. The van der Waals surface area contributed by atoms with Gasteiger partial charge in [-0.1, -0.05) is 29.8 Å². The maximum atomic E-state index is 12.2. The number of hydrogen-bond acceptors (Lipinski definition) is 5. The molecule has 0 radical (unpaired) electrons. The fourth-order valence-electron chi connectivity index (χ4n) is 2.20. The molecule has 1 heterocycles. The molecule has 0 saturated carbocycles. The van der Waals surface area contributed by atoms with Crippen LogP contribution in [-0.4, -0.2) is 22.2 Å². The van der Waals surface area contributed by atoms with Gasteiger partial charge in [-0.2, -0.15) is 0 Å². The van der Waals surface area contributed by atoms with E-state index in [1.54, 1.807) is 37.3 Å². The van der Waals surface area contributed by atoms with Gasteiger partial charge in [0.1, 0.15) is 5.75 Å². The average Bonchev–Trinajstić information content (AvgIpc) is 3.16. The number of hydrogen-bond donors (Lipinski definition) is 1. The minimum Gasteiger partial charge on any atom is -0.481 e. The van der Waals surface area contributed by atoms with Crippen LogP contribution in [0.2, 0.25) is 5.02 Å². The lowest BCUT2D eigenvalue weighted by Crippen LogP contribution is -2.35. The predicted molar refractivity (Wildman–Crippen MR) is 93.1 cm³/mol. The number of aromatic nitrogens is 2. The number of rotatable bonds is 6. The Bertz CT molecular complexity index is 835. The summed E-state index contributed by atoms with van der Waals surface area (Å²) in [4.78, 5) is 12.2. The van der Waals surface area contributed by atoms with Gasteiger partial charge in [-0.3, -0.25) is 4.79 Å². The van der Waals surface area contributed by atoms with E-state index in [2.05, 4.69) is 15.5 Å². The Hall–Kier alpha value is -2.86. The molecular weight excluding hydrogens is 342 g/mol. The van der Waals surface area contributed by atoms with Crippen molar-refractivity contribution in [2.24, 2.45) is 0 Å². The van der Waals surface area contributed by atoms with Gasteiger partial charge >= 0.3 is 0 Å². The molecule has 0 aliphatic heterocycles. The van der Waals surface area contributed by atoms with Crippen molar-refractivity contribution < 1.29 is 13.9 Å². The highest BCUT2D eigenvalue weighted by Crippen LogP contribution is 2.21. The molecule has 1 aromatic heterocycles. The van der Waals surface area contributed by atoms with Gasteiger partial charge in [-0.25, -0.2) is 0 Å². The van der Waals surface area contributed by atoms with E-state index in [9.17, 15) is 4.79 Å². The first-order valence-electron chi connectivity index (χ1n) is 7.68. The Labute approximate surface area is 149 Å². The number of amides is 1. The largest absolute Gasteiger partial charge is 0.481 e. The van der Waals surface area contributed by atoms with Gasteiger partial charge in [0.15, 0.2) is 6.10 Å². The van der Waals surface area contributed by atoms with Crippen LogP contribution in [0.15, 0.2) is 59.3 Å². The van der Waals surface area contributed by atoms with Crippen molar-refractivity contribution in [2.45, 2.75) is 19.6 Å². The highest BCUT2D eigenvalue weighted by molar-refractivity contribution is 6.31.